The second-order valence-electron chi connectivity index (χ2n) is 5.39. The van der Waals surface area contributed by atoms with E-state index in [1.165, 1.54) is 4.90 Å². The number of carboxylic acid groups (broad SMARTS) is 1. The lowest BCUT2D eigenvalue weighted by Gasteiger charge is -2.23. The summed E-state index contributed by atoms with van der Waals surface area (Å²) in [4.78, 5) is 24.5. The van der Waals surface area contributed by atoms with E-state index >= 15 is 0 Å². The Morgan fingerprint density at radius 2 is 2.11 bits per heavy atom. The molecule has 6 nitrogen and oxygen atoms in total. The molecule has 0 aromatic carbocycles. The number of carbonyl (C=O) groups is 2. The maximum Gasteiger partial charge on any atom is 0.326 e. The van der Waals surface area contributed by atoms with Gasteiger partial charge in [-0.15, -0.1) is 0 Å². The molecule has 2 heterocycles. The van der Waals surface area contributed by atoms with Crippen LogP contribution in [0.4, 0.5) is 0 Å². The third-order valence-electron chi connectivity index (χ3n) is 4.08. The normalized spacial score (nSPS) is 28.6. The van der Waals surface area contributed by atoms with Gasteiger partial charge in [-0.3, -0.25) is 4.79 Å². The molecule has 0 saturated carbocycles. The fourth-order valence-corrected chi connectivity index (χ4v) is 2.98. The summed E-state index contributed by atoms with van der Waals surface area (Å²) in [5, 5.41) is 22.2. The number of likely N-dealkylation sites (tertiary alicyclic amines) is 1. The summed E-state index contributed by atoms with van der Waals surface area (Å²) in [6.45, 7) is 1.44. The molecule has 108 valence electrons. The van der Waals surface area contributed by atoms with Crippen LogP contribution < -0.4 is 5.32 Å². The zero-order valence-electron chi connectivity index (χ0n) is 11.0. The Hall–Kier alpha value is -1.14. The van der Waals surface area contributed by atoms with Gasteiger partial charge >= 0.3 is 5.97 Å². The Labute approximate surface area is 112 Å². The molecule has 0 aliphatic carbocycles. The number of hydrogen-bond donors (Lipinski definition) is 3. The predicted octanol–water partition coefficient (Wildman–Crippen LogP) is -0.0449. The number of carbonyl (C=O) groups excluding carboxylic acids is 1. The van der Waals surface area contributed by atoms with E-state index in [-0.39, 0.29) is 18.4 Å². The molecule has 0 aromatic heterocycles. The monoisotopic (exact) mass is 270 g/mol. The quantitative estimate of drug-likeness (QED) is 0.652. The average molecular weight is 270 g/mol. The maximum absolute atomic E-state index is 12.0. The number of nitrogens with one attached hydrogen (secondary N) is 1. The molecular weight excluding hydrogens is 248 g/mol. The Morgan fingerprint density at radius 1 is 1.32 bits per heavy atom. The molecule has 19 heavy (non-hydrogen) atoms. The van der Waals surface area contributed by atoms with Crippen molar-refractivity contribution in [2.45, 2.75) is 56.7 Å². The van der Waals surface area contributed by atoms with Gasteiger partial charge < -0.3 is 20.4 Å². The van der Waals surface area contributed by atoms with Gasteiger partial charge in [0.15, 0.2) is 0 Å². The molecule has 1 amide bonds. The fraction of sp³-hybridized carbons (Fsp3) is 0.846. The van der Waals surface area contributed by atoms with Crippen LogP contribution in [-0.2, 0) is 9.59 Å². The van der Waals surface area contributed by atoms with Crippen molar-refractivity contribution in [3.05, 3.63) is 0 Å². The molecule has 3 N–H and O–H groups in total. The van der Waals surface area contributed by atoms with E-state index in [2.05, 4.69) is 5.32 Å². The number of aliphatic hydroxyl groups excluding tert-OH is 1. The van der Waals surface area contributed by atoms with Gasteiger partial charge in [0.2, 0.25) is 5.91 Å². The van der Waals surface area contributed by atoms with Gasteiger partial charge in [-0.2, -0.15) is 0 Å². The van der Waals surface area contributed by atoms with E-state index in [0.717, 1.165) is 25.8 Å². The summed E-state index contributed by atoms with van der Waals surface area (Å²) in [6, 6.07) is -0.587. The fourth-order valence-electron chi connectivity index (χ4n) is 2.98. The van der Waals surface area contributed by atoms with Crippen LogP contribution in [-0.4, -0.2) is 58.3 Å². The summed E-state index contributed by atoms with van der Waals surface area (Å²) in [5.74, 6) is -1.08. The summed E-state index contributed by atoms with van der Waals surface area (Å²) in [5.41, 5.74) is 0. The molecule has 2 aliphatic heterocycles. The first-order valence-corrected chi connectivity index (χ1v) is 7.03. The molecule has 2 aliphatic rings. The molecule has 0 spiro atoms. The summed E-state index contributed by atoms with van der Waals surface area (Å²) < 4.78 is 0. The van der Waals surface area contributed by atoms with Crippen LogP contribution in [0, 0.1) is 0 Å². The molecule has 0 bridgehead atoms. The van der Waals surface area contributed by atoms with Crippen LogP contribution in [0.2, 0.25) is 0 Å². The number of amides is 1. The van der Waals surface area contributed by atoms with E-state index in [1.807, 2.05) is 0 Å². The number of aliphatic carboxylic acids is 1. The zero-order chi connectivity index (χ0) is 13.8. The Kier molecular flexibility index (Phi) is 4.76. The molecule has 2 fully saturated rings. The average Bonchev–Trinajstić information content (AvgIpc) is 3.04. The lowest BCUT2D eigenvalue weighted by atomic mass is 10.0. The van der Waals surface area contributed by atoms with Crippen molar-refractivity contribution in [3.8, 4) is 0 Å². The van der Waals surface area contributed by atoms with Gasteiger partial charge in [0.1, 0.15) is 6.04 Å². The Bertz CT molecular complexity index is 342. The largest absolute Gasteiger partial charge is 0.480 e. The van der Waals surface area contributed by atoms with Crippen LogP contribution in [0.5, 0.6) is 0 Å². The van der Waals surface area contributed by atoms with Crippen molar-refractivity contribution in [3.63, 3.8) is 0 Å². The van der Waals surface area contributed by atoms with Crippen molar-refractivity contribution in [2.24, 2.45) is 0 Å². The van der Waals surface area contributed by atoms with Crippen molar-refractivity contribution in [1.82, 2.24) is 10.2 Å². The Morgan fingerprint density at radius 3 is 2.74 bits per heavy atom. The van der Waals surface area contributed by atoms with E-state index in [0.29, 0.717) is 19.4 Å². The van der Waals surface area contributed by atoms with Gasteiger partial charge in [-0.25, -0.2) is 4.79 Å². The highest BCUT2D eigenvalue weighted by molar-refractivity contribution is 5.84. The van der Waals surface area contributed by atoms with E-state index in [4.69, 9.17) is 5.11 Å². The molecule has 0 radical (unpaired) electrons. The predicted molar refractivity (Wildman–Crippen MR) is 68.6 cm³/mol. The van der Waals surface area contributed by atoms with Gasteiger partial charge in [-0.05, 0) is 38.6 Å². The van der Waals surface area contributed by atoms with E-state index in [9.17, 15) is 14.7 Å². The highest BCUT2D eigenvalue weighted by Crippen LogP contribution is 2.20. The van der Waals surface area contributed by atoms with Crippen LogP contribution in [0.3, 0.4) is 0 Å². The minimum atomic E-state index is -0.927. The number of rotatable bonds is 5. The zero-order valence-corrected chi connectivity index (χ0v) is 11.0. The van der Waals surface area contributed by atoms with Crippen LogP contribution in [0.25, 0.3) is 0 Å². The smallest absolute Gasteiger partial charge is 0.326 e. The molecular formula is C13H22N2O4. The van der Waals surface area contributed by atoms with Crippen LogP contribution >= 0.6 is 0 Å². The van der Waals surface area contributed by atoms with Gasteiger partial charge in [0, 0.05) is 19.0 Å². The van der Waals surface area contributed by atoms with Gasteiger partial charge in [0.25, 0.3) is 0 Å². The molecule has 0 unspecified atom stereocenters. The van der Waals surface area contributed by atoms with Gasteiger partial charge in [-0.1, -0.05) is 0 Å². The third kappa shape index (κ3) is 3.45. The standard InChI is InChI=1S/C13H22N2O4/c16-11(9-3-1-7-14-9)5-6-12(17)15-8-2-4-10(15)13(18)19/h9-11,14,16H,1-8H2,(H,18,19)/t9-,10-,11+/m0/s1. The maximum atomic E-state index is 12.0. The highest BCUT2D eigenvalue weighted by Gasteiger charge is 2.34. The van der Waals surface area contributed by atoms with E-state index < -0.39 is 18.1 Å². The molecule has 0 aromatic rings. The lowest BCUT2D eigenvalue weighted by molar-refractivity contribution is -0.148. The first kappa shape index (κ1) is 14.3. The van der Waals surface area contributed by atoms with Crippen molar-refractivity contribution in [2.75, 3.05) is 13.1 Å². The summed E-state index contributed by atoms with van der Waals surface area (Å²) in [7, 11) is 0. The second-order valence-corrected chi connectivity index (χ2v) is 5.39. The number of carboxylic acids is 1. The highest BCUT2D eigenvalue weighted by atomic mass is 16.4. The van der Waals surface area contributed by atoms with Crippen LogP contribution in [0.15, 0.2) is 0 Å². The van der Waals surface area contributed by atoms with Crippen molar-refractivity contribution < 1.29 is 19.8 Å². The Balaban J connectivity index is 1.78. The minimum Gasteiger partial charge on any atom is -0.480 e. The minimum absolute atomic E-state index is 0.0849. The summed E-state index contributed by atoms with van der Waals surface area (Å²) >= 11 is 0. The number of hydrogen-bond acceptors (Lipinski definition) is 4. The number of nitrogens with zero attached hydrogens (tertiary/aromatic N) is 1. The molecule has 6 heteroatoms. The van der Waals surface area contributed by atoms with Crippen molar-refractivity contribution >= 4 is 11.9 Å². The SMILES string of the molecule is O=C(O)[C@@H]1CCCN1C(=O)CC[C@@H](O)[C@@H]1CCCN1. The second kappa shape index (κ2) is 6.34. The van der Waals surface area contributed by atoms with E-state index in [1.54, 1.807) is 0 Å². The first-order chi connectivity index (χ1) is 9.09. The molecule has 2 rings (SSSR count). The topological polar surface area (TPSA) is 89.9 Å². The summed E-state index contributed by atoms with van der Waals surface area (Å²) in [6.07, 6.45) is 3.39. The lowest BCUT2D eigenvalue weighted by Crippen LogP contribution is -2.41. The van der Waals surface area contributed by atoms with Gasteiger partial charge in [0.05, 0.1) is 6.10 Å². The number of aliphatic hydroxyl groups is 1. The molecule has 3 atom stereocenters. The third-order valence-corrected chi connectivity index (χ3v) is 4.08. The van der Waals surface area contributed by atoms with Crippen molar-refractivity contribution in [1.29, 1.82) is 0 Å². The first-order valence-electron chi connectivity index (χ1n) is 7.03. The van der Waals surface area contributed by atoms with Crippen LogP contribution in [0.1, 0.15) is 38.5 Å². The molecule has 2 saturated heterocycles.